The summed E-state index contributed by atoms with van der Waals surface area (Å²) in [5, 5.41) is 1.23. The lowest BCUT2D eigenvalue weighted by Gasteiger charge is -2.20. The number of hydrogen-bond donors (Lipinski definition) is 1. The van der Waals surface area contributed by atoms with Gasteiger partial charge in [-0.05, 0) is 36.6 Å². The van der Waals surface area contributed by atoms with Gasteiger partial charge in [0.05, 0.1) is 12.8 Å². The molecular weight excluding hydrogens is 268 g/mol. The van der Waals surface area contributed by atoms with Gasteiger partial charge < -0.3 is 4.74 Å². The Morgan fingerprint density at radius 2 is 1.86 bits per heavy atom. The van der Waals surface area contributed by atoms with Crippen LogP contribution in [0.25, 0.3) is 6.08 Å². The zero-order valence-corrected chi connectivity index (χ0v) is 12.1. The number of hydrazine groups is 1. The van der Waals surface area contributed by atoms with E-state index in [4.69, 9.17) is 5.84 Å². The van der Waals surface area contributed by atoms with Crippen LogP contribution in [0.15, 0.2) is 30.3 Å². The minimum absolute atomic E-state index is 0.0228. The van der Waals surface area contributed by atoms with Gasteiger partial charge in [0.25, 0.3) is 0 Å². The maximum absolute atomic E-state index is 12.2. The van der Waals surface area contributed by atoms with Gasteiger partial charge in [0, 0.05) is 12.0 Å². The molecule has 5 nitrogen and oxygen atoms in total. The third-order valence-electron chi connectivity index (χ3n) is 3.73. The van der Waals surface area contributed by atoms with Crippen molar-refractivity contribution in [1.29, 1.82) is 0 Å². The number of benzene rings is 1. The van der Waals surface area contributed by atoms with Crippen molar-refractivity contribution >= 4 is 23.6 Å². The molecule has 0 heterocycles. The first-order valence-electron chi connectivity index (χ1n) is 7.06. The summed E-state index contributed by atoms with van der Waals surface area (Å²) in [5.74, 6) is 5.52. The molecule has 0 spiro atoms. The topological polar surface area (TPSA) is 72.6 Å². The molecule has 1 aliphatic rings. The second kappa shape index (κ2) is 7.04. The van der Waals surface area contributed by atoms with E-state index in [1.165, 1.54) is 18.2 Å². The van der Waals surface area contributed by atoms with E-state index in [1.54, 1.807) is 30.3 Å². The third kappa shape index (κ3) is 3.92. The average Bonchev–Trinajstić information content (AvgIpc) is 3.06. The fraction of sp³-hybridized carbons (Fsp3) is 0.375. The van der Waals surface area contributed by atoms with Crippen LogP contribution in [0.3, 0.4) is 0 Å². The number of carbonyl (C=O) groups excluding carboxylic acids is 2. The number of amides is 1. The first kappa shape index (κ1) is 15.3. The molecular formula is C16H20N2O3. The lowest BCUT2D eigenvalue weighted by molar-refractivity contribution is -0.134. The van der Waals surface area contributed by atoms with E-state index in [1.807, 2.05) is 0 Å². The van der Waals surface area contributed by atoms with Crippen LogP contribution in [0.5, 0.6) is 0 Å². The van der Waals surface area contributed by atoms with Crippen molar-refractivity contribution in [3.63, 3.8) is 0 Å². The van der Waals surface area contributed by atoms with Crippen LogP contribution in [-0.4, -0.2) is 19.0 Å². The smallest absolute Gasteiger partial charge is 0.330 e. The van der Waals surface area contributed by atoms with Crippen molar-refractivity contribution in [2.45, 2.75) is 25.7 Å². The van der Waals surface area contributed by atoms with E-state index in [0.29, 0.717) is 5.69 Å². The van der Waals surface area contributed by atoms with Crippen LogP contribution in [0, 0.1) is 5.92 Å². The fourth-order valence-electron chi connectivity index (χ4n) is 2.48. The van der Waals surface area contributed by atoms with Crippen molar-refractivity contribution in [2.24, 2.45) is 11.8 Å². The Morgan fingerprint density at radius 1 is 1.24 bits per heavy atom. The van der Waals surface area contributed by atoms with Crippen LogP contribution in [-0.2, 0) is 14.3 Å². The summed E-state index contributed by atoms with van der Waals surface area (Å²) in [6.45, 7) is 0. The number of methoxy groups -OCH3 is 1. The quantitative estimate of drug-likeness (QED) is 0.303. The number of hydrogen-bond acceptors (Lipinski definition) is 4. The van der Waals surface area contributed by atoms with E-state index in [0.717, 1.165) is 31.2 Å². The number of anilines is 1. The molecule has 2 rings (SSSR count). The van der Waals surface area contributed by atoms with E-state index >= 15 is 0 Å². The molecule has 1 aromatic rings. The van der Waals surface area contributed by atoms with Gasteiger partial charge in [0.15, 0.2) is 0 Å². The molecule has 0 atom stereocenters. The highest BCUT2D eigenvalue weighted by molar-refractivity contribution is 5.94. The monoisotopic (exact) mass is 288 g/mol. The zero-order chi connectivity index (χ0) is 15.2. The largest absolute Gasteiger partial charge is 0.466 e. The van der Waals surface area contributed by atoms with E-state index in [-0.39, 0.29) is 11.8 Å². The highest BCUT2D eigenvalue weighted by Crippen LogP contribution is 2.27. The maximum atomic E-state index is 12.2. The molecule has 1 aliphatic carbocycles. The molecule has 0 aliphatic heterocycles. The van der Waals surface area contributed by atoms with Gasteiger partial charge in [-0.3, -0.25) is 4.79 Å². The summed E-state index contributed by atoms with van der Waals surface area (Å²) in [6, 6.07) is 7.14. The number of nitrogens with zero attached hydrogens (tertiary/aromatic N) is 1. The number of nitrogens with two attached hydrogens (primary N) is 1. The molecule has 2 N–H and O–H groups in total. The van der Waals surface area contributed by atoms with Crippen molar-refractivity contribution in [3.8, 4) is 0 Å². The molecule has 0 unspecified atom stereocenters. The normalized spacial score (nSPS) is 15.3. The number of carbonyl (C=O) groups is 2. The van der Waals surface area contributed by atoms with Crippen LogP contribution >= 0.6 is 0 Å². The molecule has 1 fully saturated rings. The van der Waals surface area contributed by atoms with Gasteiger partial charge in [-0.15, -0.1) is 0 Å². The first-order valence-corrected chi connectivity index (χ1v) is 7.06. The molecule has 0 bridgehead atoms. The van der Waals surface area contributed by atoms with Gasteiger partial charge in [-0.1, -0.05) is 25.0 Å². The average molecular weight is 288 g/mol. The first-order chi connectivity index (χ1) is 10.1. The number of rotatable bonds is 4. The SMILES string of the molecule is COC(=O)/C=C/c1ccc(N(N)C(=O)C2CCCC2)cc1. The second-order valence-electron chi connectivity index (χ2n) is 5.14. The molecule has 5 heteroatoms. The lowest BCUT2D eigenvalue weighted by atomic mass is 10.1. The van der Waals surface area contributed by atoms with Gasteiger partial charge in [0.2, 0.25) is 5.91 Å². The predicted molar refractivity (Wildman–Crippen MR) is 81.1 cm³/mol. The summed E-state index contributed by atoms with van der Waals surface area (Å²) in [5.41, 5.74) is 1.49. The zero-order valence-electron chi connectivity index (χ0n) is 12.1. The van der Waals surface area contributed by atoms with Gasteiger partial charge in [0.1, 0.15) is 0 Å². The summed E-state index contributed by atoms with van der Waals surface area (Å²) in [7, 11) is 1.33. The maximum Gasteiger partial charge on any atom is 0.330 e. The van der Waals surface area contributed by atoms with E-state index in [2.05, 4.69) is 4.74 Å². The Balaban J connectivity index is 2.02. The van der Waals surface area contributed by atoms with Crippen LogP contribution in [0.1, 0.15) is 31.2 Å². The van der Waals surface area contributed by atoms with Gasteiger partial charge >= 0.3 is 5.97 Å². The Kier molecular flexibility index (Phi) is 5.11. The molecule has 1 amide bonds. The summed E-state index contributed by atoms with van der Waals surface area (Å²) >= 11 is 0. The van der Waals surface area contributed by atoms with E-state index < -0.39 is 5.97 Å². The van der Waals surface area contributed by atoms with Crippen molar-refractivity contribution in [1.82, 2.24) is 0 Å². The molecule has 0 radical (unpaired) electrons. The van der Waals surface area contributed by atoms with Gasteiger partial charge in [-0.25, -0.2) is 15.6 Å². The molecule has 1 aromatic carbocycles. The standard InChI is InChI=1S/C16H20N2O3/c1-21-15(19)11-8-12-6-9-14(10-7-12)18(17)16(20)13-4-2-3-5-13/h6-11,13H,2-5,17H2,1H3/b11-8+. The van der Waals surface area contributed by atoms with Crippen molar-refractivity contribution in [3.05, 3.63) is 35.9 Å². The Bertz CT molecular complexity index is 531. The van der Waals surface area contributed by atoms with Crippen molar-refractivity contribution in [2.75, 3.05) is 12.1 Å². The Morgan fingerprint density at radius 3 is 2.43 bits per heavy atom. The van der Waals surface area contributed by atoms with Crippen LogP contribution in [0.2, 0.25) is 0 Å². The summed E-state index contributed by atoms with van der Waals surface area (Å²) in [6.07, 6.45) is 7.04. The van der Waals surface area contributed by atoms with Crippen LogP contribution in [0.4, 0.5) is 5.69 Å². The Hall–Kier alpha value is -2.14. The van der Waals surface area contributed by atoms with Gasteiger partial charge in [-0.2, -0.15) is 0 Å². The minimum atomic E-state index is -0.407. The molecule has 0 aromatic heterocycles. The highest BCUT2D eigenvalue weighted by atomic mass is 16.5. The molecule has 21 heavy (non-hydrogen) atoms. The molecule has 0 saturated heterocycles. The molecule has 1 saturated carbocycles. The fourth-order valence-corrected chi connectivity index (χ4v) is 2.48. The van der Waals surface area contributed by atoms with E-state index in [9.17, 15) is 9.59 Å². The highest BCUT2D eigenvalue weighted by Gasteiger charge is 2.26. The number of esters is 1. The molecule has 112 valence electrons. The van der Waals surface area contributed by atoms with Crippen LogP contribution < -0.4 is 10.9 Å². The summed E-state index contributed by atoms with van der Waals surface area (Å²) < 4.78 is 4.52. The Labute approximate surface area is 124 Å². The predicted octanol–water partition coefficient (Wildman–Crippen LogP) is 2.27. The van der Waals surface area contributed by atoms with Crippen molar-refractivity contribution < 1.29 is 14.3 Å². The third-order valence-corrected chi connectivity index (χ3v) is 3.73. The number of ether oxygens (including phenoxy) is 1. The lowest BCUT2D eigenvalue weighted by Crippen LogP contribution is -2.41. The second-order valence-corrected chi connectivity index (χ2v) is 5.14. The summed E-state index contributed by atoms with van der Waals surface area (Å²) in [4.78, 5) is 23.2. The minimum Gasteiger partial charge on any atom is -0.466 e.